The van der Waals surface area contributed by atoms with E-state index in [2.05, 4.69) is 33.0 Å². The van der Waals surface area contributed by atoms with Crippen LogP contribution in [0.1, 0.15) is 72.6 Å². The molecule has 2 fully saturated rings. The Balaban J connectivity index is 2.00. The Morgan fingerprint density at radius 3 is 2.28 bits per heavy atom. The van der Waals surface area contributed by atoms with Crippen LogP contribution in [0.4, 0.5) is 0 Å². The standard InChI is InChI=1S/C16H32N2/c1-14(2)9-6-13(10-14)18-16(12-17)8-5-7-15(3,4)11-16/h13,18H,5-12,17H2,1-4H3. The van der Waals surface area contributed by atoms with Crippen molar-refractivity contribution in [1.82, 2.24) is 5.32 Å². The highest BCUT2D eigenvalue weighted by atomic mass is 15.0. The number of hydrogen-bond acceptors (Lipinski definition) is 2. The predicted molar refractivity (Wildman–Crippen MR) is 78.6 cm³/mol. The molecule has 2 rings (SSSR count). The van der Waals surface area contributed by atoms with Gasteiger partial charge in [0, 0.05) is 18.1 Å². The summed E-state index contributed by atoms with van der Waals surface area (Å²) in [6, 6.07) is 0.692. The molecule has 106 valence electrons. The molecular weight excluding hydrogens is 220 g/mol. The average Bonchev–Trinajstić information content (AvgIpc) is 2.56. The van der Waals surface area contributed by atoms with E-state index in [9.17, 15) is 0 Å². The Kier molecular flexibility index (Phi) is 3.81. The van der Waals surface area contributed by atoms with Crippen LogP contribution >= 0.6 is 0 Å². The highest BCUT2D eigenvalue weighted by molar-refractivity contribution is 5.01. The number of rotatable bonds is 3. The van der Waals surface area contributed by atoms with Crippen molar-refractivity contribution < 1.29 is 0 Å². The van der Waals surface area contributed by atoms with Gasteiger partial charge in [0.05, 0.1) is 0 Å². The van der Waals surface area contributed by atoms with Crippen molar-refractivity contribution in [2.75, 3.05) is 6.54 Å². The first-order valence-electron chi connectivity index (χ1n) is 7.74. The van der Waals surface area contributed by atoms with Gasteiger partial charge in [0.25, 0.3) is 0 Å². The number of hydrogen-bond donors (Lipinski definition) is 2. The van der Waals surface area contributed by atoms with Gasteiger partial charge in [0.1, 0.15) is 0 Å². The maximum Gasteiger partial charge on any atom is 0.0311 e. The van der Waals surface area contributed by atoms with Gasteiger partial charge in [0.15, 0.2) is 0 Å². The second-order valence-electron chi connectivity index (χ2n) is 8.43. The molecule has 18 heavy (non-hydrogen) atoms. The Morgan fingerprint density at radius 2 is 1.78 bits per heavy atom. The van der Waals surface area contributed by atoms with Gasteiger partial charge in [0.2, 0.25) is 0 Å². The third kappa shape index (κ3) is 3.27. The molecule has 0 saturated heterocycles. The molecule has 0 bridgehead atoms. The first-order valence-corrected chi connectivity index (χ1v) is 7.74. The van der Waals surface area contributed by atoms with E-state index >= 15 is 0 Å². The fourth-order valence-corrected chi connectivity index (χ4v) is 4.35. The number of nitrogens with one attached hydrogen (secondary N) is 1. The number of nitrogens with two attached hydrogens (primary N) is 1. The van der Waals surface area contributed by atoms with Crippen LogP contribution in [0.5, 0.6) is 0 Å². The van der Waals surface area contributed by atoms with Gasteiger partial charge in [-0.25, -0.2) is 0 Å². The van der Waals surface area contributed by atoms with E-state index < -0.39 is 0 Å². The second kappa shape index (κ2) is 4.79. The van der Waals surface area contributed by atoms with Crippen molar-refractivity contribution in [1.29, 1.82) is 0 Å². The molecule has 0 aromatic rings. The van der Waals surface area contributed by atoms with Crippen LogP contribution in [0.2, 0.25) is 0 Å². The van der Waals surface area contributed by atoms with Gasteiger partial charge >= 0.3 is 0 Å². The summed E-state index contributed by atoms with van der Waals surface area (Å²) in [4.78, 5) is 0. The summed E-state index contributed by atoms with van der Waals surface area (Å²) in [7, 11) is 0. The van der Waals surface area contributed by atoms with Crippen LogP contribution in [0.25, 0.3) is 0 Å². The third-order valence-corrected chi connectivity index (χ3v) is 5.20. The molecular formula is C16H32N2. The van der Waals surface area contributed by atoms with Crippen molar-refractivity contribution in [2.45, 2.75) is 84.2 Å². The van der Waals surface area contributed by atoms with Gasteiger partial charge < -0.3 is 11.1 Å². The van der Waals surface area contributed by atoms with Crippen molar-refractivity contribution in [3.8, 4) is 0 Å². The molecule has 2 atom stereocenters. The van der Waals surface area contributed by atoms with E-state index in [-0.39, 0.29) is 5.54 Å². The lowest BCUT2D eigenvalue weighted by Crippen LogP contribution is -2.58. The molecule has 2 nitrogen and oxygen atoms in total. The zero-order valence-corrected chi connectivity index (χ0v) is 12.8. The monoisotopic (exact) mass is 252 g/mol. The van der Waals surface area contributed by atoms with E-state index in [1.54, 1.807) is 0 Å². The fourth-order valence-electron chi connectivity index (χ4n) is 4.35. The van der Waals surface area contributed by atoms with Crippen LogP contribution in [0.15, 0.2) is 0 Å². The Labute approximate surface area is 113 Å². The first kappa shape index (κ1) is 14.3. The topological polar surface area (TPSA) is 38.0 Å². The highest BCUT2D eigenvalue weighted by Crippen LogP contribution is 2.43. The second-order valence-corrected chi connectivity index (χ2v) is 8.43. The minimum Gasteiger partial charge on any atom is -0.329 e. The maximum atomic E-state index is 6.14. The van der Waals surface area contributed by atoms with Crippen molar-refractivity contribution in [3.05, 3.63) is 0 Å². The Morgan fingerprint density at radius 1 is 1.06 bits per heavy atom. The summed E-state index contributed by atoms with van der Waals surface area (Å²) >= 11 is 0. The molecule has 2 unspecified atom stereocenters. The highest BCUT2D eigenvalue weighted by Gasteiger charge is 2.42. The Hall–Kier alpha value is -0.0800. The summed E-state index contributed by atoms with van der Waals surface area (Å²) in [6.07, 6.45) is 9.19. The van der Waals surface area contributed by atoms with Gasteiger partial charge in [-0.2, -0.15) is 0 Å². The van der Waals surface area contributed by atoms with Crippen molar-refractivity contribution in [2.24, 2.45) is 16.6 Å². The summed E-state index contributed by atoms with van der Waals surface area (Å²) in [6.45, 7) is 10.4. The lowest BCUT2D eigenvalue weighted by molar-refractivity contribution is 0.112. The molecule has 0 heterocycles. The zero-order valence-electron chi connectivity index (χ0n) is 12.8. The molecule has 2 aliphatic rings. The summed E-state index contributed by atoms with van der Waals surface area (Å²) in [5, 5.41) is 3.97. The summed E-state index contributed by atoms with van der Waals surface area (Å²) < 4.78 is 0. The van der Waals surface area contributed by atoms with Gasteiger partial charge in [-0.3, -0.25) is 0 Å². The molecule has 0 aliphatic heterocycles. The Bertz CT molecular complexity index is 295. The molecule has 2 saturated carbocycles. The lowest BCUT2D eigenvalue weighted by Gasteiger charge is -2.46. The molecule has 0 aromatic carbocycles. The third-order valence-electron chi connectivity index (χ3n) is 5.20. The van der Waals surface area contributed by atoms with Crippen LogP contribution in [-0.4, -0.2) is 18.1 Å². The van der Waals surface area contributed by atoms with Crippen LogP contribution in [0.3, 0.4) is 0 Å². The van der Waals surface area contributed by atoms with Gasteiger partial charge in [-0.05, 0) is 49.4 Å². The lowest BCUT2D eigenvalue weighted by atomic mass is 9.67. The van der Waals surface area contributed by atoms with Crippen molar-refractivity contribution >= 4 is 0 Å². The van der Waals surface area contributed by atoms with E-state index in [0.717, 1.165) is 6.54 Å². The molecule has 2 heteroatoms. The van der Waals surface area contributed by atoms with Crippen LogP contribution in [0, 0.1) is 10.8 Å². The summed E-state index contributed by atoms with van der Waals surface area (Å²) in [5.74, 6) is 0. The first-order chi connectivity index (χ1) is 8.26. The summed E-state index contributed by atoms with van der Waals surface area (Å²) in [5.41, 5.74) is 7.34. The molecule has 2 aliphatic carbocycles. The average molecular weight is 252 g/mol. The smallest absolute Gasteiger partial charge is 0.0311 e. The van der Waals surface area contributed by atoms with Crippen molar-refractivity contribution in [3.63, 3.8) is 0 Å². The SMILES string of the molecule is CC1(C)CCC(NC2(CN)CCCC(C)(C)C2)C1. The zero-order chi connectivity index (χ0) is 13.4. The molecule has 3 N–H and O–H groups in total. The quantitative estimate of drug-likeness (QED) is 0.807. The van der Waals surface area contributed by atoms with Crippen LogP contribution in [-0.2, 0) is 0 Å². The maximum absolute atomic E-state index is 6.14. The normalized spacial score (nSPS) is 38.8. The van der Waals surface area contributed by atoms with E-state index in [1.807, 2.05) is 0 Å². The molecule has 0 radical (unpaired) electrons. The fraction of sp³-hybridized carbons (Fsp3) is 1.00. The minimum atomic E-state index is 0.215. The van der Waals surface area contributed by atoms with Gasteiger partial charge in [-0.15, -0.1) is 0 Å². The molecule has 0 spiro atoms. The van der Waals surface area contributed by atoms with Gasteiger partial charge in [-0.1, -0.05) is 34.1 Å². The largest absolute Gasteiger partial charge is 0.329 e. The molecule has 0 amide bonds. The van der Waals surface area contributed by atoms with E-state index in [4.69, 9.17) is 5.73 Å². The molecule has 0 aromatic heterocycles. The minimum absolute atomic E-state index is 0.215. The predicted octanol–water partition coefficient (Wildman–Crippen LogP) is 3.45. The van der Waals surface area contributed by atoms with Crippen LogP contribution < -0.4 is 11.1 Å². The van der Waals surface area contributed by atoms with E-state index in [1.165, 1.54) is 44.9 Å². The van der Waals surface area contributed by atoms with E-state index in [0.29, 0.717) is 16.9 Å².